The molecule has 2 N–H and O–H groups in total. The molecule has 0 aromatic carbocycles. The predicted octanol–water partition coefficient (Wildman–Crippen LogP) is 1.22. The lowest BCUT2D eigenvalue weighted by Gasteiger charge is -2.31. The minimum absolute atomic E-state index is 0.0356. The zero-order valence-electron chi connectivity index (χ0n) is 9.50. The average molecular weight is 249 g/mol. The summed E-state index contributed by atoms with van der Waals surface area (Å²) < 4.78 is 0. The Morgan fingerprint density at radius 1 is 1.53 bits per heavy atom. The van der Waals surface area contributed by atoms with Crippen molar-refractivity contribution in [3.63, 3.8) is 0 Å². The maximum atomic E-state index is 12.1. The Hall–Kier alpha value is -1.49. The van der Waals surface area contributed by atoms with Gasteiger partial charge in [0.1, 0.15) is 5.69 Å². The van der Waals surface area contributed by atoms with Crippen LogP contribution in [-0.2, 0) is 0 Å². The Morgan fingerprint density at radius 2 is 2.35 bits per heavy atom. The molecule has 0 radical (unpaired) electrons. The van der Waals surface area contributed by atoms with Gasteiger partial charge in [-0.15, -0.1) is 0 Å². The number of carbonyl (C=O) groups is 1. The van der Waals surface area contributed by atoms with Gasteiger partial charge in [-0.25, -0.2) is 0 Å². The maximum absolute atomic E-state index is 12.1. The van der Waals surface area contributed by atoms with Crippen molar-refractivity contribution in [1.82, 2.24) is 9.88 Å². The fraction of sp³-hybridized carbons (Fsp3) is 0.417. The Bertz CT molecular complexity index is 421. The third-order valence-corrected chi connectivity index (χ3v) is 3.33. The molecule has 1 atom stereocenters. The van der Waals surface area contributed by atoms with Crippen LogP contribution in [0.2, 0.25) is 0 Å². The van der Waals surface area contributed by atoms with E-state index in [1.165, 1.54) is 0 Å². The number of rotatable bonds is 2. The zero-order chi connectivity index (χ0) is 12.3. The minimum atomic E-state index is -0.0356. The lowest BCUT2D eigenvalue weighted by Crippen LogP contribution is -2.43. The highest BCUT2D eigenvalue weighted by Crippen LogP contribution is 2.18. The van der Waals surface area contributed by atoms with Crippen molar-refractivity contribution in [2.45, 2.75) is 12.8 Å². The van der Waals surface area contributed by atoms with Crippen molar-refractivity contribution in [2.24, 2.45) is 11.7 Å². The molecule has 0 spiro atoms. The molecule has 2 heterocycles. The fourth-order valence-electron chi connectivity index (χ4n) is 2.05. The first-order valence-electron chi connectivity index (χ1n) is 5.68. The number of carbonyl (C=O) groups excluding carboxylic acids is 1. The van der Waals surface area contributed by atoms with Crippen LogP contribution in [0.3, 0.4) is 0 Å². The van der Waals surface area contributed by atoms with Crippen LogP contribution >= 0.6 is 12.2 Å². The molecule has 1 saturated heterocycles. The first kappa shape index (κ1) is 12.0. The summed E-state index contributed by atoms with van der Waals surface area (Å²) in [4.78, 5) is 18.5. The summed E-state index contributed by atoms with van der Waals surface area (Å²) in [5, 5.41) is 0. The first-order chi connectivity index (χ1) is 8.18. The third kappa shape index (κ3) is 2.79. The fourth-order valence-corrected chi connectivity index (χ4v) is 2.24. The SMILES string of the molecule is NC(=S)C1CCCN(C(=O)c2ccccn2)C1. The Balaban J connectivity index is 2.07. The van der Waals surface area contributed by atoms with Crippen LogP contribution in [0.25, 0.3) is 0 Å². The van der Waals surface area contributed by atoms with Crippen molar-refractivity contribution in [3.8, 4) is 0 Å². The van der Waals surface area contributed by atoms with Crippen molar-refractivity contribution in [1.29, 1.82) is 0 Å². The summed E-state index contributed by atoms with van der Waals surface area (Å²) in [5.41, 5.74) is 6.13. The third-order valence-electron chi connectivity index (χ3n) is 2.99. The molecule has 1 fully saturated rings. The van der Waals surface area contributed by atoms with E-state index < -0.39 is 0 Å². The molecule has 4 nitrogen and oxygen atoms in total. The van der Waals surface area contributed by atoms with Gasteiger partial charge in [0.15, 0.2) is 0 Å². The molecule has 0 aliphatic carbocycles. The van der Waals surface area contributed by atoms with Crippen molar-refractivity contribution in [2.75, 3.05) is 13.1 Å². The number of piperidine rings is 1. The number of hydrogen-bond acceptors (Lipinski definition) is 3. The van der Waals surface area contributed by atoms with Gasteiger partial charge in [0, 0.05) is 25.2 Å². The van der Waals surface area contributed by atoms with E-state index >= 15 is 0 Å². The highest BCUT2D eigenvalue weighted by molar-refractivity contribution is 7.80. The molecule has 1 aromatic rings. The molecular formula is C12H15N3OS. The smallest absolute Gasteiger partial charge is 0.272 e. The zero-order valence-corrected chi connectivity index (χ0v) is 10.3. The van der Waals surface area contributed by atoms with Crippen LogP contribution in [0, 0.1) is 5.92 Å². The van der Waals surface area contributed by atoms with Crippen LogP contribution in [-0.4, -0.2) is 33.9 Å². The van der Waals surface area contributed by atoms with Crippen molar-refractivity contribution >= 4 is 23.1 Å². The molecule has 0 bridgehead atoms. The molecule has 17 heavy (non-hydrogen) atoms. The summed E-state index contributed by atoms with van der Waals surface area (Å²) in [6, 6.07) is 5.34. The predicted molar refractivity (Wildman–Crippen MR) is 69.6 cm³/mol. The van der Waals surface area contributed by atoms with Gasteiger partial charge in [-0.3, -0.25) is 9.78 Å². The van der Waals surface area contributed by atoms with E-state index in [2.05, 4.69) is 4.98 Å². The van der Waals surface area contributed by atoms with Crippen LogP contribution in [0.4, 0.5) is 0 Å². The van der Waals surface area contributed by atoms with Gasteiger partial charge in [-0.1, -0.05) is 18.3 Å². The standard InChI is InChI=1S/C12H15N3OS/c13-11(17)9-4-3-7-15(8-9)12(16)10-5-1-2-6-14-10/h1-2,5-6,9H,3-4,7-8H2,(H2,13,17). The first-order valence-corrected chi connectivity index (χ1v) is 6.09. The average Bonchev–Trinajstić information content (AvgIpc) is 2.39. The number of nitrogens with two attached hydrogens (primary N) is 1. The van der Waals surface area contributed by atoms with Crippen molar-refractivity contribution in [3.05, 3.63) is 30.1 Å². The van der Waals surface area contributed by atoms with Gasteiger partial charge in [0.2, 0.25) is 0 Å². The molecule has 1 aliphatic rings. The Kier molecular flexibility index (Phi) is 3.68. The summed E-state index contributed by atoms with van der Waals surface area (Å²) in [6.45, 7) is 1.37. The number of nitrogens with zero attached hydrogens (tertiary/aromatic N) is 2. The number of amides is 1. The van der Waals surface area contributed by atoms with Gasteiger partial charge in [0.25, 0.3) is 5.91 Å². The molecule has 2 rings (SSSR count). The Labute approximate surface area is 106 Å². The van der Waals surface area contributed by atoms with E-state index in [1.54, 1.807) is 23.2 Å². The second-order valence-electron chi connectivity index (χ2n) is 4.21. The van der Waals surface area contributed by atoms with E-state index in [0.29, 0.717) is 17.2 Å². The highest BCUT2D eigenvalue weighted by atomic mass is 32.1. The van der Waals surface area contributed by atoms with Gasteiger partial charge in [0.05, 0.1) is 4.99 Å². The van der Waals surface area contributed by atoms with Crippen LogP contribution in [0.1, 0.15) is 23.3 Å². The molecule has 1 aromatic heterocycles. The largest absolute Gasteiger partial charge is 0.393 e. The topological polar surface area (TPSA) is 59.2 Å². The number of thiocarbonyl (C=S) groups is 1. The number of pyridine rings is 1. The van der Waals surface area contributed by atoms with Gasteiger partial charge < -0.3 is 10.6 Å². The molecule has 5 heteroatoms. The summed E-state index contributed by atoms with van der Waals surface area (Å²) in [7, 11) is 0. The van der Waals surface area contributed by atoms with Crippen LogP contribution in [0.5, 0.6) is 0 Å². The van der Waals surface area contributed by atoms with Gasteiger partial charge in [-0.05, 0) is 25.0 Å². The highest BCUT2D eigenvalue weighted by Gasteiger charge is 2.26. The normalized spacial score (nSPS) is 20.0. The molecule has 1 unspecified atom stereocenters. The van der Waals surface area contributed by atoms with E-state index in [1.807, 2.05) is 6.07 Å². The maximum Gasteiger partial charge on any atom is 0.272 e. The molecule has 1 aliphatic heterocycles. The second-order valence-corrected chi connectivity index (χ2v) is 4.68. The van der Waals surface area contributed by atoms with E-state index in [9.17, 15) is 4.79 Å². The quantitative estimate of drug-likeness (QED) is 0.801. The monoisotopic (exact) mass is 249 g/mol. The molecule has 1 amide bonds. The minimum Gasteiger partial charge on any atom is -0.393 e. The lowest BCUT2D eigenvalue weighted by molar-refractivity contribution is 0.0697. The van der Waals surface area contributed by atoms with Crippen LogP contribution < -0.4 is 5.73 Å². The second kappa shape index (κ2) is 5.23. The number of likely N-dealkylation sites (tertiary alicyclic amines) is 1. The summed E-state index contributed by atoms with van der Waals surface area (Å²) in [5.74, 6) is 0.109. The van der Waals surface area contributed by atoms with Crippen molar-refractivity contribution < 1.29 is 4.79 Å². The lowest BCUT2D eigenvalue weighted by atomic mass is 9.98. The number of aromatic nitrogens is 1. The summed E-state index contributed by atoms with van der Waals surface area (Å²) >= 11 is 5.00. The summed E-state index contributed by atoms with van der Waals surface area (Å²) in [6.07, 6.45) is 3.55. The van der Waals surface area contributed by atoms with Crippen LogP contribution in [0.15, 0.2) is 24.4 Å². The van der Waals surface area contributed by atoms with E-state index in [4.69, 9.17) is 18.0 Å². The molecule has 90 valence electrons. The number of hydrogen-bond donors (Lipinski definition) is 1. The van der Waals surface area contributed by atoms with Gasteiger partial charge >= 0.3 is 0 Å². The van der Waals surface area contributed by atoms with E-state index in [-0.39, 0.29) is 11.8 Å². The molecular weight excluding hydrogens is 234 g/mol. The van der Waals surface area contributed by atoms with E-state index in [0.717, 1.165) is 19.4 Å². The van der Waals surface area contributed by atoms with Gasteiger partial charge in [-0.2, -0.15) is 0 Å². The molecule has 0 saturated carbocycles. The Morgan fingerprint density at radius 3 is 3.00 bits per heavy atom.